The number of piperidine rings is 1. The van der Waals surface area contributed by atoms with E-state index in [1.807, 2.05) is 35.0 Å². The Hall–Kier alpha value is -2.28. The van der Waals surface area contributed by atoms with Gasteiger partial charge in [-0.15, -0.1) is 0 Å². The van der Waals surface area contributed by atoms with E-state index in [1.54, 1.807) is 18.1 Å². The van der Waals surface area contributed by atoms with Crippen molar-refractivity contribution in [2.24, 2.45) is 5.41 Å². The Morgan fingerprint density at radius 2 is 1.70 bits per heavy atom. The van der Waals surface area contributed by atoms with Gasteiger partial charge in [0.05, 0.1) is 4.90 Å². The predicted octanol–water partition coefficient (Wildman–Crippen LogP) is 4.02. The lowest BCUT2D eigenvalue weighted by Crippen LogP contribution is -2.40. The van der Waals surface area contributed by atoms with Crippen LogP contribution in [0.1, 0.15) is 38.5 Å². The number of hydrogen-bond acceptors (Lipinski definition) is 6. The molecular weight excluding hydrogens is 356 g/mol. The molecule has 1 saturated carbocycles. The van der Waals surface area contributed by atoms with Crippen molar-refractivity contribution in [1.82, 2.24) is 19.6 Å². The third kappa shape index (κ3) is 3.14. The molecule has 2 N–H and O–H groups in total. The van der Waals surface area contributed by atoms with E-state index in [9.17, 15) is 0 Å². The van der Waals surface area contributed by atoms with Gasteiger partial charge in [0.15, 0.2) is 5.65 Å². The summed E-state index contributed by atoms with van der Waals surface area (Å²) in [7, 11) is 0. The fraction of sp³-hybridized carbons (Fsp3) is 0.450. The molecule has 1 aromatic carbocycles. The topological polar surface area (TPSA) is 72.3 Å². The standard InChI is InChI=1S/C20H24N6S/c21-15-3-5-16(6-4-15)27-17-13-22-19(26-18(17)23-14-24-26)25-11-9-20(10-12-25)7-1-2-8-20/h3-6,13-14H,1-2,7-12,21H2. The van der Waals surface area contributed by atoms with E-state index in [-0.39, 0.29) is 0 Å². The van der Waals surface area contributed by atoms with Crippen LogP contribution in [0.5, 0.6) is 0 Å². The lowest BCUT2D eigenvalue weighted by Gasteiger charge is -2.39. The van der Waals surface area contributed by atoms with Gasteiger partial charge in [0.1, 0.15) is 6.33 Å². The van der Waals surface area contributed by atoms with Gasteiger partial charge in [-0.3, -0.25) is 0 Å². The Labute approximate surface area is 163 Å². The molecular formula is C20H24N6S. The molecule has 0 amide bonds. The maximum atomic E-state index is 5.79. The molecule has 27 heavy (non-hydrogen) atoms. The summed E-state index contributed by atoms with van der Waals surface area (Å²) in [5.74, 6) is 0.914. The lowest BCUT2D eigenvalue weighted by atomic mass is 9.77. The number of nitrogens with two attached hydrogens (primary N) is 1. The number of nitrogens with zero attached hydrogens (tertiary/aromatic N) is 5. The van der Waals surface area contributed by atoms with Crippen LogP contribution in [-0.4, -0.2) is 32.7 Å². The van der Waals surface area contributed by atoms with Gasteiger partial charge in [-0.2, -0.15) is 9.61 Å². The van der Waals surface area contributed by atoms with Crippen LogP contribution in [-0.2, 0) is 0 Å². The zero-order chi connectivity index (χ0) is 18.3. The number of fused-ring (bicyclic) bond motifs is 1. The molecule has 2 aliphatic rings. The highest BCUT2D eigenvalue weighted by molar-refractivity contribution is 7.99. The van der Waals surface area contributed by atoms with Crippen LogP contribution >= 0.6 is 11.8 Å². The Morgan fingerprint density at radius 3 is 2.44 bits per heavy atom. The van der Waals surface area contributed by atoms with Gasteiger partial charge in [0.2, 0.25) is 5.95 Å². The molecule has 0 atom stereocenters. The normalized spacial score (nSPS) is 19.2. The van der Waals surface area contributed by atoms with Crippen LogP contribution in [0.3, 0.4) is 0 Å². The first kappa shape index (κ1) is 16.9. The molecule has 0 bridgehead atoms. The summed E-state index contributed by atoms with van der Waals surface area (Å²) in [5, 5.41) is 4.47. The molecule has 7 heteroatoms. The highest BCUT2D eigenvalue weighted by atomic mass is 32.2. The first-order valence-corrected chi connectivity index (χ1v) is 10.5. The predicted molar refractivity (Wildman–Crippen MR) is 108 cm³/mol. The smallest absolute Gasteiger partial charge is 0.228 e. The van der Waals surface area contributed by atoms with Gasteiger partial charge in [-0.05, 0) is 55.4 Å². The molecule has 6 nitrogen and oxygen atoms in total. The van der Waals surface area contributed by atoms with Gasteiger partial charge < -0.3 is 10.6 Å². The first-order chi connectivity index (χ1) is 13.2. The third-order valence-electron chi connectivity index (χ3n) is 6.13. The van der Waals surface area contributed by atoms with E-state index in [0.29, 0.717) is 5.41 Å². The molecule has 1 saturated heterocycles. The average molecular weight is 381 g/mol. The van der Waals surface area contributed by atoms with Crippen LogP contribution in [0.15, 0.2) is 46.6 Å². The zero-order valence-corrected chi connectivity index (χ0v) is 16.2. The van der Waals surface area contributed by atoms with Crippen LogP contribution in [0.4, 0.5) is 11.6 Å². The second-order valence-corrected chi connectivity index (χ2v) is 8.90. The molecule has 1 aliphatic heterocycles. The minimum absolute atomic E-state index is 0.600. The first-order valence-electron chi connectivity index (χ1n) is 9.70. The van der Waals surface area contributed by atoms with Gasteiger partial charge in [0.25, 0.3) is 0 Å². The zero-order valence-electron chi connectivity index (χ0n) is 15.3. The van der Waals surface area contributed by atoms with Crippen LogP contribution in [0.2, 0.25) is 0 Å². The molecule has 140 valence electrons. The van der Waals surface area contributed by atoms with E-state index in [0.717, 1.165) is 40.2 Å². The number of nitrogen functional groups attached to an aromatic ring is 1. The summed E-state index contributed by atoms with van der Waals surface area (Å²) in [6.45, 7) is 2.12. The summed E-state index contributed by atoms with van der Waals surface area (Å²) in [5.41, 5.74) is 8.02. The van der Waals surface area contributed by atoms with Crippen LogP contribution < -0.4 is 10.6 Å². The van der Waals surface area contributed by atoms with Crippen molar-refractivity contribution in [1.29, 1.82) is 0 Å². The highest BCUT2D eigenvalue weighted by Crippen LogP contribution is 2.46. The van der Waals surface area contributed by atoms with Crippen molar-refractivity contribution in [2.45, 2.75) is 48.3 Å². The molecule has 3 heterocycles. The number of benzene rings is 1. The van der Waals surface area contributed by atoms with Crippen molar-refractivity contribution in [3.63, 3.8) is 0 Å². The van der Waals surface area contributed by atoms with E-state index in [2.05, 4.69) is 15.0 Å². The molecule has 2 fully saturated rings. The Morgan fingerprint density at radius 1 is 0.963 bits per heavy atom. The van der Waals surface area contributed by atoms with E-state index >= 15 is 0 Å². The largest absolute Gasteiger partial charge is 0.399 e. The monoisotopic (exact) mass is 380 g/mol. The Kier molecular flexibility index (Phi) is 4.19. The maximum Gasteiger partial charge on any atom is 0.228 e. The summed E-state index contributed by atoms with van der Waals surface area (Å²) in [6.07, 6.45) is 11.7. The maximum absolute atomic E-state index is 5.79. The molecule has 1 aliphatic carbocycles. The summed E-state index contributed by atoms with van der Waals surface area (Å²) in [6, 6.07) is 7.87. The van der Waals surface area contributed by atoms with Crippen molar-refractivity contribution < 1.29 is 0 Å². The summed E-state index contributed by atoms with van der Waals surface area (Å²) in [4.78, 5) is 13.8. The summed E-state index contributed by atoms with van der Waals surface area (Å²) >= 11 is 1.64. The number of hydrogen-bond donors (Lipinski definition) is 1. The number of rotatable bonds is 3. The molecule has 2 aromatic heterocycles. The molecule has 0 radical (unpaired) electrons. The highest BCUT2D eigenvalue weighted by Gasteiger charge is 2.37. The minimum atomic E-state index is 0.600. The summed E-state index contributed by atoms with van der Waals surface area (Å²) < 4.78 is 1.90. The molecule has 3 aromatic rings. The van der Waals surface area contributed by atoms with E-state index in [1.165, 1.54) is 38.5 Å². The SMILES string of the molecule is Nc1ccc(Sc2cnc(N3CCC4(CCCC4)CC3)n3ncnc23)cc1. The second kappa shape index (κ2) is 6.71. The Bertz CT molecular complexity index is 935. The second-order valence-electron chi connectivity index (χ2n) is 7.78. The quantitative estimate of drug-likeness (QED) is 0.692. The van der Waals surface area contributed by atoms with Gasteiger partial charge in [-0.25, -0.2) is 9.97 Å². The fourth-order valence-corrected chi connectivity index (χ4v) is 5.40. The van der Waals surface area contributed by atoms with Crippen molar-refractivity contribution >= 4 is 29.0 Å². The van der Waals surface area contributed by atoms with Crippen molar-refractivity contribution in [3.8, 4) is 0 Å². The van der Waals surface area contributed by atoms with Gasteiger partial charge in [0, 0.05) is 29.9 Å². The molecule has 1 spiro atoms. The van der Waals surface area contributed by atoms with Gasteiger partial charge >= 0.3 is 0 Å². The van der Waals surface area contributed by atoms with Gasteiger partial charge in [-0.1, -0.05) is 24.6 Å². The molecule has 0 unspecified atom stereocenters. The molecule has 5 rings (SSSR count). The lowest BCUT2D eigenvalue weighted by molar-refractivity contribution is 0.225. The van der Waals surface area contributed by atoms with Crippen molar-refractivity contribution in [2.75, 3.05) is 23.7 Å². The van der Waals surface area contributed by atoms with Crippen LogP contribution in [0, 0.1) is 5.41 Å². The number of anilines is 2. The van der Waals surface area contributed by atoms with E-state index in [4.69, 9.17) is 10.7 Å². The third-order valence-corrected chi connectivity index (χ3v) is 7.15. The van der Waals surface area contributed by atoms with E-state index < -0.39 is 0 Å². The minimum Gasteiger partial charge on any atom is -0.399 e. The Balaban J connectivity index is 1.40. The van der Waals surface area contributed by atoms with Crippen molar-refractivity contribution in [3.05, 3.63) is 36.8 Å². The number of aromatic nitrogens is 4. The fourth-order valence-electron chi connectivity index (χ4n) is 4.54. The van der Waals surface area contributed by atoms with Crippen LogP contribution in [0.25, 0.3) is 5.65 Å². The average Bonchev–Trinajstić information content (AvgIpc) is 3.35.